The molecular weight excluding hydrogens is 360 g/mol. The predicted molar refractivity (Wildman–Crippen MR) is 131 cm³/mol. The Kier molecular flexibility index (Phi) is 31.8. The first-order chi connectivity index (χ1) is 13.8. The number of unbranched alkanes of at least 4 members (excludes halogenated alkanes) is 17. The third kappa shape index (κ3) is 28.3. The Labute approximate surface area is 181 Å². The van der Waals surface area contributed by atoms with Crippen LogP contribution in [0.2, 0.25) is 6.04 Å². The van der Waals surface area contributed by atoms with Crippen molar-refractivity contribution in [1.82, 2.24) is 0 Å². The molecular formula is C25H56O2Si. The normalized spacial score (nSPS) is 10.9. The summed E-state index contributed by atoms with van der Waals surface area (Å²) in [7, 11) is 2.24. The summed E-state index contributed by atoms with van der Waals surface area (Å²) in [5.41, 5.74) is 0. The standard InChI is InChI=1S/C20H42.C5H14O2Si/c1-3-5-7-9-11-13-15-17-19-20-18-16-14-12-10-8-6-4-2;1-4-5-8(6-2)7-3/h3-20H2,1-2H3;8H,4-5H2,1-3H3. The molecule has 0 aliphatic heterocycles. The van der Waals surface area contributed by atoms with Gasteiger partial charge in [0.1, 0.15) is 0 Å². The molecule has 0 unspecified atom stereocenters. The first-order valence-corrected chi connectivity index (χ1v) is 14.6. The maximum Gasteiger partial charge on any atom is 0.320 e. The van der Waals surface area contributed by atoms with E-state index in [2.05, 4.69) is 20.8 Å². The lowest BCUT2D eigenvalue weighted by Crippen LogP contribution is -2.17. The molecule has 0 saturated heterocycles. The minimum atomic E-state index is -1.19. The maximum atomic E-state index is 5.06. The van der Waals surface area contributed by atoms with Crippen LogP contribution < -0.4 is 0 Å². The van der Waals surface area contributed by atoms with Crippen molar-refractivity contribution in [3.8, 4) is 0 Å². The van der Waals surface area contributed by atoms with Crippen LogP contribution in [-0.4, -0.2) is 23.5 Å². The third-order valence-corrected chi connectivity index (χ3v) is 7.61. The molecule has 0 saturated carbocycles. The van der Waals surface area contributed by atoms with Gasteiger partial charge in [0.2, 0.25) is 0 Å². The molecule has 2 nitrogen and oxygen atoms in total. The topological polar surface area (TPSA) is 18.5 Å². The molecule has 0 aliphatic carbocycles. The quantitative estimate of drug-likeness (QED) is 0.137. The molecule has 0 fully saturated rings. The molecule has 28 heavy (non-hydrogen) atoms. The summed E-state index contributed by atoms with van der Waals surface area (Å²) in [5, 5.41) is 0. The van der Waals surface area contributed by atoms with E-state index in [1.54, 1.807) is 14.2 Å². The van der Waals surface area contributed by atoms with Crippen molar-refractivity contribution in [2.75, 3.05) is 14.2 Å². The van der Waals surface area contributed by atoms with Crippen LogP contribution in [0, 0.1) is 0 Å². The summed E-state index contributed by atoms with van der Waals surface area (Å²) in [4.78, 5) is 0. The van der Waals surface area contributed by atoms with E-state index in [1.807, 2.05) is 0 Å². The molecule has 0 amide bonds. The zero-order valence-electron chi connectivity index (χ0n) is 20.5. The summed E-state index contributed by atoms with van der Waals surface area (Å²) in [5.74, 6) is 0. The highest BCUT2D eigenvalue weighted by atomic mass is 28.3. The van der Waals surface area contributed by atoms with Crippen molar-refractivity contribution in [1.29, 1.82) is 0 Å². The highest BCUT2D eigenvalue weighted by Crippen LogP contribution is 2.14. The fourth-order valence-corrected chi connectivity index (χ4v) is 4.68. The molecule has 0 bridgehead atoms. The molecule has 0 atom stereocenters. The second-order valence-corrected chi connectivity index (χ2v) is 10.7. The summed E-state index contributed by atoms with van der Waals surface area (Å²) >= 11 is 0. The molecule has 0 aliphatic rings. The molecule has 0 aromatic heterocycles. The zero-order chi connectivity index (χ0) is 21.1. The molecule has 0 radical (unpaired) electrons. The first kappa shape index (κ1) is 30.3. The average molecular weight is 417 g/mol. The highest BCUT2D eigenvalue weighted by molar-refractivity contribution is 6.44. The van der Waals surface area contributed by atoms with Gasteiger partial charge >= 0.3 is 9.28 Å². The summed E-state index contributed by atoms with van der Waals surface area (Å²) in [6.45, 7) is 6.73. The molecule has 172 valence electrons. The lowest BCUT2D eigenvalue weighted by atomic mass is 10.0. The van der Waals surface area contributed by atoms with E-state index >= 15 is 0 Å². The highest BCUT2D eigenvalue weighted by Gasteiger charge is 2.05. The first-order valence-electron chi connectivity index (χ1n) is 12.8. The van der Waals surface area contributed by atoms with Gasteiger partial charge in [-0.2, -0.15) is 0 Å². The Morgan fingerprint density at radius 1 is 0.393 bits per heavy atom. The van der Waals surface area contributed by atoms with E-state index in [0.29, 0.717) is 0 Å². The monoisotopic (exact) mass is 416 g/mol. The van der Waals surface area contributed by atoms with E-state index in [4.69, 9.17) is 8.85 Å². The van der Waals surface area contributed by atoms with Crippen LogP contribution in [0.4, 0.5) is 0 Å². The summed E-state index contributed by atoms with van der Waals surface area (Å²) in [6.07, 6.45) is 27.6. The Morgan fingerprint density at radius 2 is 0.643 bits per heavy atom. The number of rotatable bonds is 21. The van der Waals surface area contributed by atoms with Crippen molar-refractivity contribution in [3.63, 3.8) is 0 Å². The van der Waals surface area contributed by atoms with E-state index < -0.39 is 9.28 Å². The summed E-state index contributed by atoms with van der Waals surface area (Å²) in [6, 6.07) is 1.12. The van der Waals surface area contributed by atoms with Crippen LogP contribution in [0.1, 0.15) is 143 Å². The van der Waals surface area contributed by atoms with Crippen molar-refractivity contribution in [2.45, 2.75) is 149 Å². The van der Waals surface area contributed by atoms with Gasteiger partial charge < -0.3 is 8.85 Å². The molecule has 0 spiro atoms. The van der Waals surface area contributed by atoms with Crippen molar-refractivity contribution in [2.24, 2.45) is 0 Å². The van der Waals surface area contributed by atoms with Crippen LogP contribution in [0.25, 0.3) is 0 Å². The van der Waals surface area contributed by atoms with Gasteiger partial charge in [0.15, 0.2) is 0 Å². The Bertz CT molecular complexity index is 227. The Balaban J connectivity index is 0. The van der Waals surface area contributed by atoms with Gasteiger partial charge in [-0.25, -0.2) is 0 Å². The lowest BCUT2D eigenvalue weighted by molar-refractivity contribution is 0.277. The maximum absolute atomic E-state index is 5.06. The molecule has 0 heterocycles. The van der Waals surface area contributed by atoms with Crippen LogP contribution in [0.15, 0.2) is 0 Å². The second-order valence-electron chi connectivity index (χ2n) is 8.35. The number of hydrogen-bond donors (Lipinski definition) is 0. The van der Waals surface area contributed by atoms with E-state index in [-0.39, 0.29) is 0 Å². The minimum absolute atomic E-state index is 1.12. The van der Waals surface area contributed by atoms with E-state index in [0.717, 1.165) is 6.04 Å². The van der Waals surface area contributed by atoms with Crippen LogP contribution in [0.3, 0.4) is 0 Å². The van der Waals surface area contributed by atoms with E-state index in [1.165, 1.54) is 122 Å². The van der Waals surface area contributed by atoms with Gasteiger partial charge in [0.05, 0.1) is 0 Å². The summed E-state index contributed by atoms with van der Waals surface area (Å²) < 4.78 is 10.1. The van der Waals surface area contributed by atoms with Gasteiger partial charge in [-0.1, -0.05) is 143 Å². The van der Waals surface area contributed by atoms with E-state index in [9.17, 15) is 0 Å². The van der Waals surface area contributed by atoms with Gasteiger partial charge in [-0.3, -0.25) is 0 Å². The Morgan fingerprint density at radius 3 is 0.786 bits per heavy atom. The predicted octanol–water partition coefficient (Wildman–Crippen LogP) is 8.96. The molecule has 0 rings (SSSR count). The lowest BCUT2D eigenvalue weighted by Gasteiger charge is -2.07. The van der Waals surface area contributed by atoms with Crippen molar-refractivity contribution < 1.29 is 8.85 Å². The molecule has 0 N–H and O–H groups in total. The number of hydrogen-bond acceptors (Lipinski definition) is 2. The Hall–Kier alpha value is 0.137. The van der Waals surface area contributed by atoms with Gasteiger partial charge in [-0.15, -0.1) is 0 Å². The van der Waals surface area contributed by atoms with Crippen LogP contribution in [-0.2, 0) is 8.85 Å². The smallest absolute Gasteiger partial charge is 0.320 e. The van der Waals surface area contributed by atoms with Gasteiger partial charge in [-0.05, 0) is 6.04 Å². The van der Waals surface area contributed by atoms with Gasteiger partial charge in [0.25, 0.3) is 0 Å². The fourth-order valence-electron chi connectivity index (χ4n) is 3.54. The van der Waals surface area contributed by atoms with Crippen LogP contribution in [0.5, 0.6) is 0 Å². The molecule has 0 aromatic rings. The van der Waals surface area contributed by atoms with Crippen LogP contribution >= 0.6 is 0 Å². The zero-order valence-corrected chi connectivity index (χ0v) is 21.7. The van der Waals surface area contributed by atoms with Crippen molar-refractivity contribution in [3.05, 3.63) is 0 Å². The largest absolute Gasteiger partial charge is 0.400 e. The molecule has 0 aromatic carbocycles. The van der Waals surface area contributed by atoms with Gasteiger partial charge in [0, 0.05) is 14.2 Å². The minimum Gasteiger partial charge on any atom is -0.400 e. The van der Waals surface area contributed by atoms with Crippen molar-refractivity contribution >= 4 is 9.28 Å². The fraction of sp³-hybridized carbons (Fsp3) is 1.00. The molecule has 3 heteroatoms. The average Bonchev–Trinajstić information content (AvgIpc) is 2.72. The second kappa shape index (κ2) is 29.3. The third-order valence-electron chi connectivity index (χ3n) is 5.51. The SMILES string of the molecule is CCCCCCCCCCCCCCCCCCCC.CCC[SiH](OC)OC.